The molecule has 0 spiro atoms. The molecule has 0 unspecified atom stereocenters. The molecule has 0 aliphatic heterocycles. The molecular formula is C46H86O6. The van der Waals surface area contributed by atoms with Crippen molar-refractivity contribution in [3.05, 3.63) is 12.2 Å². The maximum Gasteiger partial charge on any atom is 0.306 e. The SMILES string of the molecule is CCCC/C=C\CCCCCCCC(=O)O[C@H](COC(=O)CCCCCCCCCCCCC)COC(=O)CCCCCCCCCCCCCC. The molecule has 0 saturated heterocycles. The van der Waals surface area contributed by atoms with E-state index in [1.54, 1.807) is 0 Å². The summed E-state index contributed by atoms with van der Waals surface area (Å²) in [6.45, 7) is 6.59. The summed E-state index contributed by atoms with van der Waals surface area (Å²) < 4.78 is 16.7. The van der Waals surface area contributed by atoms with Gasteiger partial charge in [0.1, 0.15) is 13.2 Å². The standard InChI is InChI=1S/C46H86O6/c1-4-7-10-13-16-19-22-25-27-30-33-36-39-45(48)51-42-43(52-46(49)40-37-34-31-28-24-21-18-15-12-9-6-3)41-50-44(47)38-35-32-29-26-23-20-17-14-11-8-5-2/h15,18,43H,4-14,16-17,19-42H2,1-3H3/b18-15-/t43-/m1/s1. The van der Waals surface area contributed by atoms with Crippen LogP contribution in [0.4, 0.5) is 0 Å². The van der Waals surface area contributed by atoms with E-state index in [2.05, 4.69) is 32.9 Å². The summed E-state index contributed by atoms with van der Waals surface area (Å²) in [5, 5.41) is 0. The summed E-state index contributed by atoms with van der Waals surface area (Å²) in [5.74, 6) is -0.872. The number of unbranched alkanes of at least 4 members (excludes halogenated alkanes) is 28. The maximum absolute atomic E-state index is 12.7. The second kappa shape index (κ2) is 41.9. The van der Waals surface area contributed by atoms with Crippen molar-refractivity contribution < 1.29 is 28.6 Å². The van der Waals surface area contributed by atoms with Crippen LogP contribution in [0.15, 0.2) is 12.2 Å². The zero-order valence-corrected chi connectivity index (χ0v) is 34.8. The van der Waals surface area contributed by atoms with E-state index in [-0.39, 0.29) is 31.1 Å². The average Bonchev–Trinajstić information content (AvgIpc) is 3.14. The third-order valence-electron chi connectivity index (χ3n) is 10.0. The van der Waals surface area contributed by atoms with Gasteiger partial charge in [-0.15, -0.1) is 0 Å². The van der Waals surface area contributed by atoms with E-state index in [1.165, 1.54) is 141 Å². The molecule has 0 saturated carbocycles. The van der Waals surface area contributed by atoms with Crippen molar-refractivity contribution in [2.24, 2.45) is 0 Å². The molecule has 6 heteroatoms. The van der Waals surface area contributed by atoms with Gasteiger partial charge in [-0.2, -0.15) is 0 Å². The smallest absolute Gasteiger partial charge is 0.306 e. The molecule has 0 aromatic carbocycles. The highest BCUT2D eigenvalue weighted by atomic mass is 16.6. The van der Waals surface area contributed by atoms with Gasteiger partial charge in [0.25, 0.3) is 0 Å². The number of carbonyl (C=O) groups excluding carboxylic acids is 3. The molecule has 0 aliphatic rings. The van der Waals surface area contributed by atoms with Crippen LogP contribution in [0.2, 0.25) is 0 Å². The first-order chi connectivity index (χ1) is 25.5. The Bertz CT molecular complexity index is 809. The van der Waals surface area contributed by atoms with Crippen molar-refractivity contribution >= 4 is 17.9 Å². The maximum atomic E-state index is 12.7. The van der Waals surface area contributed by atoms with Crippen LogP contribution in [0.5, 0.6) is 0 Å². The Hall–Kier alpha value is -1.85. The van der Waals surface area contributed by atoms with Gasteiger partial charge in [-0.05, 0) is 38.5 Å². The normalized spacial score (nSPS) is 12.0. The lowest BCUT2D eigenvalue weighted by molar-refractivity contribution is -0.167. The molecule has 0 fully saturated rings. The molecular weight excluding hydrogens is 648 g/mol. The van der Waals surface area contributed by atoms with Crippen molar-refractivity contribution in [3.63, 3.8) is 0 Å². The first-order valence-electron chi connectivity index (χ1n) is 22.7. The lowest BCUT2D eigenvalue weighted by Gasteiger charge is -2.18. The minimum absolute atomic E-state index is 0.0691. The number of ether oxygens (including phenoxy) is 3. The first kappa shape index (κ1) is 50.1. The molecule has 1 atom stereocenters. The molecule has 6 nitrogen and oxygen atoms in total. The molecule has 0 rings (SSSR count). The minimum Gasteiger partial charge on any atom is -0.462 e. The van der Waals surface area contributed by atoms with Gasteiger partial charge in [0.15, 0.2) is 6.10 Å². The van der Waals surface area contributed by atoms with Crippen molar-refractivity contribution in [3.8, 4) is 0 Å². The fourth-order valence-electron chi connectivity index (χ4n) is 6.54. The largest absolute Gasteiger partial charge is 0.462 e. The second-order valence-corrected chi connectivity index (χ2v) is 15.3. The van der Waals surface area contributed by atoms with E-state index in [1.807, 2.05) is 0 Å². The highest BCUT2D eigenvalue weighted by molar-refractivity contribution is 5.71. The van der Waals surface area contributed by atoms with Crippen molar-refractivity contribution in [2.75, 3.05) is 13.2 Å². The van der Waals surface area contributed by atoms with E-state index >= 15 is 0 Å². The quantitative estimate of drug-likeness (QED) is 0.0269. The first-order valence-corrected chi connectivity index (χ1v) is 22.7. The number of hydrogen-bond donors (Lipinski definition) is 0. The van der Waals surface area contributed by atoms with E-state index < -0.39 is 6.10 Å². The minimum atomic E-state index is -0.765. The monoisotopic (exact) mass is 735 g/mol. The number of esters is 3. The van der Waals surface area contributed by atoms with Crippen LogP contribution in [0.3, 0.4) is 0 Å². The van der Waals surface area contributed by atoms with Crippen LogP contribution >= 0.6 is 0 Å². The highest BCUT2D eigenvalue weighted by Gasteiger charge is 2.19. The number of carbonyl (C=O) groups is 3. The van der Waals surface area contributed by atoms with Crippen LogP contribution in [0.25, 0.3) is 0 Å². The number of rotatable bonds is 41. The third-order valence-corrected chi connectivity index (χ3v) is 10.0. The molecule has 0 aromatic heterocycles. The molecule has 0 bridgehead atoms. The zero-order valence-electron chi connectivity index (χ0n) is 34.8. The average molecular weight is 735 g/mol. The van der Waals surface area contributed by atoms with Crippen molar-refractivity contribution in [1.82, 2.24) is 0 Å². The summed E-state index contributed by atoms with van der Waals surface area (Å²) in [6.07, 6.45) is 43.3. The van der Waals surface area contributed by atoms with Gasteiger partial charge in [0, 0.05) is 19.3 Å². The Balaban J connectivity index is 4.35. The van der Waals surface area contributed by atoms with Crippen LogP contribution in [-0.4, -0.2) is 37.2 Å². The van der Waals surface area contributed by atoms with Crippen molar-refractivity contribution in [1.29, 1.82) is 0 Å². The molecule has 52 heavy (non-hydrogen) atoms. The number of hydrogen-bond acceptors (Lipinski definition) is 6. The van der Waals surface area contributed by atoms with Gasteiger partial charge in [0.2, 0.25) is 0 Å². The predicted octanol–water partition coefficient (Wildman–Crippen LogP) is 14.3. The summed E-state index contributed by atoms with van der Waals surface area (Å²) in [4.78, 5) is 37.6. The molecule has 0 aliphatic carbocycles. The summed E-state index contributed by atoms with van der Waals surface area (Å²) >= 11 is 0. The molecule has 0 amide bonds. The molecule has 306 valence electrons. The van der Waals surface area contributed by atoms with Crippen LogP contribution in [0.1, 0.15) is 245 Å². The van der Waals surface area contributed by atoms with E-state index in [0.717, 1.165) is 64.2 Å². The Morgan fingerprint density at radius 2 is 0.654 bits per heavy atom. The second-order valence-electron chi connectivity index (χ2n) is 15.3. The van der Waals surface area contributed by atoms with Crippen LogP contribution in [0, 0.1) is 0 Å². The Morgan fingerprint density at radius 3 is 1.02 bits per heavy atom. The molecule has 0 N–H and O–H groups in total. The Morgan fingerprint density at radius 1 is 0.365 bits per heavy atom. The Labute approximate surface area is 322 Å². The predicted molar refractivity (Wildman–Crippen MR) is 220 cm³/mol. The number of allylic oxidation sites excluding steroid dienone is 2. The van der Waals surface area contributed by atoms with Crippen LogP contribution in [-0.2, 0) is 28.6 Å². The zero-order chi connectivity index (χ0) is 38.0. The lowest BCUT2D eigenvalue weighted by atomic mass is 10.0. The lowest BCUT2D eigenvalue weighted by Crippen LogP contribution is -2.30. The van der Waals surface area contributed by atoms with E-state index in [9.17, 15) is 14.4 Å². The topological polar surface area (TPSA) is 78.9 Å². The van der Waals surface area contributed by atoms with E-state index in [0.29, 0.717) is 19.3 Å². The van der Waals surface area contributed by atoms with E-state index in [4.69, 9.17) is 14.2 Å². The summed E-state index contributed by atoms with van der Waals surface area (Å²) in [7, 11) is 0. The van der Waals surface area contributed by atoms with Gasteiger partial charge >= 0.3 is 17.9 Å². The molecule has 0 radical (unpaired) electrons. The third kappa shape index (κ3) is 39.4. The Kier molecular flexibility index (Phi) is 40.4. The van der Waals surface area contributed by atoms with Gasteiger partial charge < -0.3 is 14.2 Å². The highest BCUT2D eigenvalue weighted by Crippen LogP contribution is 2.15. The van der Waals surface area contributed by atoms with Gasteiger partial charge in [-0.1, -0.05) is 200 Å². The van der Waals surface area contributed by atoms with Crippen molar-refractivity contribution in [2.45, 2.75) is 252 Å². The van der Waals surface area contributed by atoms with Gasteiger partial charge in [0.05, 0.1) is 0 Å². The molecule has 0 heterocycles. The van der Waals surface area contributed by atoms with Gasteiger partial charge in [-0.25, -0.2) is 0 Å². The fraction of sp³-hybridized carbons (Fsp3) is 0.891. The summed E-state index contributed by atoms with van der Waals surface area (Å²) in [6, 6.07) is 0. The molecule has 0 aromatic rings. The fourth-order valence-corrected chi connectivity index (χ4v) is 6.54. The van der Waals surface area contributed by atoms with Gasteiger partial charge in [-0.3, -0.25) is 14.4 Å². The van der Waals surface area contributed by atoms with Crippen LogP contribution < -0.4 is 0 Å². The summed E-state index contributed by atoms with van der Waals surface area (Å²) in [5.41, 5.74) is 0.